The molecule has 4 aromatic rings. The smallest absolute Gasteiger partial charge is 0.245 e. The summed E-state index contributed by atoms with van der Waals surface area (Å²) in [5.41, 5.74) is 3.44. The predicted octanol–water partition coefficient (Wildman–Crippen LogP) is 5.36. The second kappa shape index (κ2) is 8.80. The molecule has 0 saturated heterocycles. The van der Waals surface area contributed by atoms with Gasteiger partial charge in [0, 0.05) is 17.4 Å². The third-order valence-corrected chi connectivity index (χ3v) is 5.32. The molecule has 0 atom stereocenters. The molecule has 4 rings (SSSR count). The maximum Gasteiger partial charge on any atom is 0.308 e. The van der Waals surface area contributed by atoms with Gasteiger partial charge in [0.15, 0.2) is 0 Å². The largest absolute Gasteiger partial charge is 0.308 e. The van der Waals surface area contributed by atoms with E-state index < -0.39 is 17.2 Å². The number of benzene rings is 2. The minimum absolute atomic E-state index is 0.266. The van der Waals surface area contributed by atoms with E-state index in [4.69, 9.17) is 0 Å². The molecule has 172 valence electrons. The van der Waals surface area contributed by atoms with Gasteiger partial charge in [-0.25, -0.2) is 9.67 Å². The Bertz CT molecular complexity index is 1210. The molecule has 0 fully saturated rings. The topological polar surface area (TPSA) is 85.2 Å². The van der Waals surface area contributed by atoms with E-state index in [1.807, 2.05) is 69.3 Å². The molecule has 0 amide bonds. The maximum absolute atomic E-state index is 14.5. The minimum Gasteiger partial charge on any atom is -0.245 e. The second-order valence-electron chi connectivity index (χ2n) is 9.13. The van der Waals surface area contributed by atoms with Crippen LogP contribution >= 0.6 is 0 Å². The molecule has 2 aromatic carbocycles. The van der Waals surface area contributed by atoms with E-state index in [9.17, 15) is 8.78 Å². The molecule has 0 aliphatic rings. The van der Waals surface area contributed by atoms with Crippen LogP contribution in [-0.4, -0.2) is 35.4 Å². The molecule has 0 spiro atoms. The summed E-state index contributed by atoms with van der Waals surface area (Å²) in [6.07, 6.45) is 0.0972. The number of hydrogen-bond acceptors (Lipinski definition) is 5. The Labute approximate surface area is 191 Å². The first-order valence-corrected chi connectivity index (χ1v) is 10.9. The van der Waals surface area contributed by atoms with Crippen LogP contribution in [0, 0.1) is 0 Å². The third kappa shape index (κ3) is 4.97. The number of alkyl halides is 2. The lowest BCUT2D eigenvalue weighted by Gasteiger charge is -2.18. The Hall–Kier alpha value is -3.49. The van der Waals surface area contributed by atoms with Gasteiger partial charge in [-0.05, 0) is 34.4 Å². The summed E-state index contributed by atoms with van der Waals surface area (Å²) in [5, 5.41) is 18.3. The van der Waals surface area contributed by atoms with Crippen molar-refractivity contribution < 1.29 is 8.78 Å². The minimum atomic E-state index is -3.03. The molecule has 33 heavy (non-hydrogen) atoms. The van der Waals surface area contributed by atoms with Crippen molar-refractivity contribution in [2.24, 2.45) is 0 Å². The van der Waals surface area contributed by atoms with Gasteiger partial charge < -0.3 is 0 Å². The van der Waals surface area contributed by atoms with Crippen LogP contribution in [0.1, 0.15) is 57.7 Å². The van der Waals surface area contributed by atoms with Crippen LogP contribution in [0.25, 0.3) is 22.5 Å². The van der Waals surface area contributed by atoms with Crippen molar-refractivity contribution in [3.8, 4) is 22.5 Å². The SMILES string of the molecule is CCCC(F)(F)c1nc(C(C)(C)C)n(Cc2ccc(-c3cccc(-c4nn[nH]n4)c3)cc2)n1. The zero-order valence-corrected chi connectivity index (χ0v) is 19.2. The van der Waals surface area contributed by atoms with Crippen LogP contribution in [0.3, 0.4) is 0 Å². The quantitative estimate of drug-likeness (QED) is 0.409. The fraction of sp³-hybridized carbons (Fsp3) is 0.375. The van der Waals surface area contributed by atoms with Gasteiger partial charge >= 0.3 is 5.92 Å². The molecule has 2 heterocycles. The molecule has 0 aliphatic carbocycles. The first-order chi connectivity index (χ1) is 15.7. The zero-order valence-electron chi connectivity index (χ0n) is 19.2. The zero-order chi connectivity index (χ0) is 23.6. The monoisotopic (exact) mass is 451 g/mol. The van der Waals surface area contributed by atoms with Gasteiger partial charge in [-0.1, -0.05) is 70.2 Å². The first kappa shape index (κ1) is 22.7. The Morgan fingerprint density at radius 2 is 1.70 bits per heavy atom. The molecular weight excluding hydrogens is 424 g/mol. The van der Waals surface area contributed by atoms with E-state index in [-0.39, 0.29) is 6.42 Å². The first-order valence-electron chi connectivity index (χ1n) is 10.9. The molecule has 7 nitrogen and oxygen atoms in total. The average molecular weight is 452 g/mol. The number of aromatic nitrogens is 7. The Morgan fingerprint density at radius 1 is 0.970 bits per heavy atom. The summed E-state index contributed by atoms with van der Waals surface area (Å²) < 4.78 is 30.6. The summed E-state index contributed by atoms with van der Waals surface area (Å²) >= 11 is 0. The average Bonchev–Trinajstić information content (AvgIpc) is 3.45. The number of rotatable bonds is 7. The lowest BCUT2D eigenvalue weighted by molar-refractivity contribution is -0.0232. The van der Waals surface area contributed by atoms with Crippen molar-refractivity contribution in [2.75, 3.05) is 0 Å². The lowest BCUT2D eigenvalue weighted by Crippen LogP contribution is -2.20. The number of nitrogens with one attached hydrogen (secondary N) is 1. The maximum atomic E-state index is 14.5. The molecular formula is C24H27F2N7. The van der Waals surface area contributed by atoms with E-state index in [1.54, 1.807) is 11.6 Å². The van der Waals surface area contributed by atoms with Crippen LogP contribution in [0.15, 0.2) is 48.5 Å². The van der Waals surface area contributed by atoms with E-state index in [0.717, 1.165) is 22.3 Å². The van der Waals surface area contributed by atoms with Gasteiger partial charge in [-0.2, -0.15) is 14.0 Å². The highest BCUT2D eigenvalue weighted by atomic mass is 19.3. The molecule has 0 radical (unpaired) electrons. The van der Waals surface area contributed by atoms with E-state index in [0.29, 0.717) is 24.6 Å². The van der Waals surface area contributed by atoms with Crippen molar-refractivity contribution in [3.05, 3.63) is 65.7 Å². The number of hydrogen-bond donors (Lipinski definition) is 1. The molecule has 2 aromatic heterocycles. The van der Waals surface area contributed by atoms with Crippen molar-refractivity contribution in [3.63, 3.8) is 0 Å². The van der Waals surface area contributed by atoms with Gasteiger partial charge in [0.2, 0.25) is 11.6 Å². The molecule has 0 aliphatic heterocycles. The highest BCUT2D eigenvalue weighted by Gasteiger charge is 2.37. The van der Waals surface area contributed by atoms with Crippen LogP contribution in [0.2, 0.25) is 0 Å². The van der Waals surface area contributed by atoms with Crippen LogP contribution in [0.5, 0.6) is 0 Å². The molecule has 0 unspecified atom stereocenters. The molecule has 1 N–H and O–H groups in total. The highest BCUT2D eigenvalue weighted by molar-refractivity contribution is 5.70. The van der Waals surface area contributed by atoms with Gasteiger partial charge in [0.25, 0.3) is 0 Å². The van der Waals surface area contributed by atoms with Crippen molar-refractivity contribution in [1.29, 1.82) is 0 Å². The second-order valence-corrected chi connectivity index (χ2v) is 9.13. The fourth-order valence-electron chi connectivity index (χ4n) is 3.69. The highest BCUT2D eigenvalue weighted by Crippen LogP contribution is 2.33. The molecule has 0 saturated carbocycles. The summed E-state index contributed by atoms with van der Waals surface area (Å²) in [4.78, 5) is 4.25. The van der Waals surface area contributed by atoms with E-state index in [2.05, 4.69) is 30.7 Å². The third-order valence-electron chi connectivity index (χ3n) is 5.32. The Balaban J connectivity index is 1.60. The van der Waals surface area contributed by atoms with Crippen molar-refractivity contribution >= 4 is 0 Å². The van der Waals surface area contributed by atoms with Gasteiger partial charge in [-0.3, -0.25) is 0 Å². The van der Waals surface area contributed by atoms with Gasteiger partial charge in [0.1, 0.15) is 5.82 Å². The normalized spacial score (nSPS) is 12.3. The standard InChI is InChI=1S/C24H27F2N7/c1-5-13-24(25,26)21-27-22(23(2,3)4)33(30-21)15-16-9-11-17(12-10-16)18-7-6-8-19(14-18)20-28-31-32-29-20/h6-12,14H,5,13,15H2,1-4H3,(H,28,29,31,32). The van der Waals surface area contributed by atoms with E-state index in [1.165, 1.54) is 0 Å². The lowest BCUT2D eigenvalue weighted by atomic mass is 9.95. The van der Waals surface area contributed by atoms with Crippen LogP contribution < -0.4 is 0 Å². The number of nitrogens with zero attached hydrogens (tertiary/aromatic N) is 6. The Kier molecular flexibility index (Phi) is 6.05. The molecule has 0 bridgehead atoms. The van der Waals surface area contributed by atoms with Gasteiger partial charge in [0.05, 0.1) is 6.54 Å². The summed E-state index contributed by atoms with van der Waals surface area (Å²) in [6, 6.07) is 15.8. The number of aromatic amines is 1. The predicted molar refractivity (Wildman–Crippen MR) is 122 cm³/mol. The number of H-pyrrole nitrogens is 1. The number of halogens is 2. The van der Waals surface area contributed by atoms with E-state index >= 15 is 0 Å². The number of tetrazole rings is 1. The summed E-state index contributed by atoms with van der Waals surface area (Å²) in [5.74, 6) is -2.35. The van der Waals surface area contributed by atoms with Crippen LogP contribution in [0.4, 0.5) is 8.78 Å². The fourth-order valence-corrected chi connectivity index (χ4v) is 3.69. The summed E-state index contributed by atoms with van der Waals surface area (Å²) in [7, 11) is 0. The van der Waals surface area contributed by atoms with Crippen molar-refractivity contribution in [1.82, 2.24) is 35.4 Å². The van der Waals surface area contributed by atoms with Crippen molar-refractivity contribution in [2.45, 2.75) is 58.4 Å². The molecule has 9 heteroatoms. The van der Waals surface area contributed by atoms with Crippen LogP contribution in [-0.2, 0) is 17.9 Å². The summed E-state index contributed by atoms with van der Waals surface area (Å²) in [6.45, 7) is 7.96. The van der Waals surface area contributed by atoms with Gasteiger partial charge in [-0.15, -0.1) is 15.3 Å². The Morgan fingerprint density at radius 3 is 2.33 bits per heavy atom.